The Labute approximate surface area is 151 Å². The van der Waals surface area contributed by atoms with Crippen molar-refractivity contribution in [2.45, 2.75) is 52.7 Å². The number of aliphatic hydroxyl groups is 1. The molecule has 4 nitrogen and oxygen atoms in total. The Kier molecular flexibility index (Phi) is 6.11. The first-order valence-electron chi connectivity index (χ1n) is 8.33. The zero-order valence-corrected chi connectivity index (χ0v) is 15.8. The van der Waals surface area contributed by atoms with Gasteiger partial charge in [0.25, 0.3) is 0 Å². The Morgan fingerprint density at radius 1 is 1.32 bits per heavy atom. The molecule has 2 aromatic rings. The summed E-state index contributed by atoms with van der Waals surface area (Å²) in [4.78, 5) is 4.03. The first kappa shape index (κ1) is 19.7. The van der Waals surface area contributed by atoms with Gasteiger partial charge in [0.1, 0.15) is 18.0 Å². The summed E-state index contributed by atoms with van der Waals surface area (Å²) < 4.78 is 29.0. The largest absolute Gasteiger partial charge is 0.390 e. The zero-order chi connectivity index (χ0) is 18.8. The number of H-pyrrole nitrogens is 1. The maximum absolute atomic E-state index is 13.9. The molecule has 0 fully saturated rings. The molecule has 0 bridgehead atoms. The number of halogens is 2. The van der Waals surface area contributed by atoms with Crippen molar-refractivity contribution >= 4 is 12.2 Å². The molecular formula is C18H25F2N3OS. The number of nitrogens with one attached hydrogen (secondary N) is 1. The second-order valence-corrected chi connectivity index (χ2v) is 8.06. The summed E-state index contributed by atoms with van der Waals surface area (Å²) in [6.07, 6.45) is 1.85. The molecule has 0 spiro atoms. The molecule has 2 N–H and O–H groups in total. The fraction of sp³-hybridized carbons (Fsp3) is 0.556. The van der Waals surface area contributed by atoms with Crippen LogP contribution >= 0.6 is 12.2 Å². The Morgan fingerprint density at radius 2 is 2.00 bits per heavy atom. The van der Waals surface area contributed by atoms with Gasteiger partial charge < -0.3 is 5.11 Å². The van der Waals surface area contributed by atoms with Crippen LogP contribution in [0.25, 0.3) is 0 Å². The number of aromatic nitrogens is 3. The van der Waals surface area contributed by atoms with Gasteiger partial charge in [0.2, 0.25) is 4.77 Å². The van der Waals surface area contributed by atoms with E-state index in [0.29, 0.717) is 23.2 Å². The van der Waals surface area contributed by atoms with E-state index in [0.717, 1.165) is 6.07 Å². The highest BCUT2D eigenvalue weighted by Crippen LogP contribution is 2.33. The molecule has 0 saturated heterocycles. The minimum Gasteiger partial charge on any atom is -0.390 e. The average Bonchev–Trinajstić information content (AvgIpc) is 2.92. The highest BCUT2D eigenvalue weighted by Gasteiger charge is 2.33. The Morgan fingerprint density at radius 3 is 2.52 bits per heavy atom. The molecule has 0 aliphatic carbocycles. The molecule has 1 aromatic carbocycles. The summed E-state index contributed by atoms with van der Waals surface area (Å²) in [7, 11) is 0. The van der Waals surface area contributed by atoms with Gasteiger partial charge in [-0.05, 0) is 48.0 Å². The van der Waals surface area contributed by atoms with Gasteiger partial charge in [-0.3, -0.25) is 9.78 Å². The van der Waals surface area contributed by atoms with E-state index in [-0.39, 0.29) is 17.4 Å². The second kappa shape index (κ2) is 7.74. The van der Waals surface area contributed by atoms with E-state index in [1.54, 1.807) is 4.68 Å². The molecule has 3 atom stereocenters. The van der Waals surface area contributed by atoms with Gasteiger partial charge in [0.05, 0.1) is 12.1 Å². The van der Waals surface area contributed by atoms with Crippen LogP contribution in [-0.2, 0) is 6.42 Å². The summed E-state index contributed by atoms with van der Waals surface area (Å²) in [5.74, 6) is -1.08. The third-order valence-corrected chi connectivity index (χ3v) is 4.69. The minimum absolute atomic E-state index is 0.0483. The van der Waals surface area contributed by atoms with E-state index >= 15 is 0 Å². The zero-order valence-electron chi connectivity index (χ0n) is 15.0. The lowest BCUT2D eigenvalue weighted by Gasteiger charge is -2.34. The van der Waals surface area contributed by atoms with E-state index in [9.17, 15) is 13.9 Å². The third kappa shape index (κ3) is 4.95. The number of hydrogen-bond acceptors (Lipinski definition) is 3. The van der Waals surface area contributed by atoms with Crippen LogP contribution < -0.4 is 0 Å². The first-order valence-corrected chi connectivity index (χ1v) is 8.74. The number of rotatable bonds is 6. The van der Waals surface area contributed by atoms with Crippen LogP contribution in [0.15, 0.2) is 24.5 Å². The summed E-state index contributed by atoms with van der Waals surface area (Å²) in [5, 5.41) is 13.8. The van der Waals surface area contributed by atoms with Crippen molar-refractivity contribution in [2.24, 2.45) is 11.3 Å². The number of nitrogens with zero attached hydrogens (tertiary/aromatic N) is 2. The smallest absolute Gasteiger partial charge is 0.216 e. The molecule has 2 rings (SSSR count). The molecule has 138 valence electrons. The Bertz CT molecular complexity index is 766. The molecule has 7 heteroatoms. The highest BCUT2D eigenvalue weighted by molar-refractivity contribution is 7.71. The monoisotopic (exact) mass is 369 g/mol. The molecule has 0 radical (unpaired) electrons. The summed E-state index contributed by atoms with van der Waals surface area (Å²) in [6, 6.07) is 3.32. The fourth-order valence-electron chi connectivity index (χ4n) is 3.01. The van der Waals surface area contributed by atoms with Gasteiger partial charge in [0, 0.05) is 6.07 Å². The van der Waals surface area contributed by atoms with Gasteiger partial charge in [0.15, 0.2) is 0 Å². The van der Waals surface area contributed by atoms with Crippen molar-refractivity contribution in [1.29, 1.82) is 0 Å². The maximum Gasteiger partial charge on any atom is 0.216 e. The highest BCUT2D eigenvalue weighted by atomic mass is 32.1. The van der Waals surface area contributed by atoms with Gasteiger partial charge in [-0.1, -0.05) is 33.8 Å². The lowest BCUT2D eigenvalue weighted by Crippen LogP contribution is -2.37. The van der Waals surface area contributed by atoms with Crippen LogP contribution in [0.1, 0.15) is 45.7 Å². The first-order chi connectivity index (χ1) is 11.6. The maximum atomic E-state index is 13.9. The Hall–Kier alpha value is -1.60. The van der Waals surface area contributed by atoms with Crippen molar-refractivity contribution < 1.29 is 13.9 Å². The van der Waals surface area contributed by atoms with Crippen LogP contribution in [0.3, 0.4) is 0 Å². The van der Waals surface area contributed by atoms with Gasteiger partial charge in [-0.15, -0.1) is 0 Å². The molecule has 25 heavy (non-hydrogen) atoms. The predicted molar refractivity (Wildman–Crippen MR) is 95.8 cm³/mol. The van der Waals surface area contributed by atoms with Gasteiger partial charge in [-0.2, -0.15) is 0 Å². The molecular weight excluding hydrogens is 344 g/mol. The Balaban J connectivity index is 2.21. The van der Waals surface area contributed by atoms with Crippen molar-refractivity contribution in [3.8, 4) is 0 Å². The molecule has 1 heterocycles. The number of benzene rings is 1. The molecule has 0 saturated carbocycles. The predicted octanol–water partition coefficient (Wildman–Crippen LogP) is 4.44. The van der Waals surface area contributed by atoms with Gasteiger partial charge >= 0.3 is 0 Å². The van der Waals surface area contributed by atoms with Crippen LogP contribution in [0.4, 0.5) is 8.78 Å². The van der Waals surface area contributed by atoms with E-state index in [1.165, 1.54) is 18.5 Å². The topological polar surface area (TPSA) is 53.8 Å². The van der Waals surface area contributed by atoms with Crippen LogP contribution in [0, 0.1) is 27.7 Å². The lowest BCUT2D eigenvalue weighted by atomic mass is 9.81. The second-order valence-electron chi connectivity index (χ2n) is 7.70. The average molecular weight is 369 g/mol. The molecule has 0 amide bonds. The molecule has 0 aliphatic heterocycles. The number of hydrogen-bond donors (Lipinski definition) is 2. The van der Waals surface area contributed by atoms with Crippen LogP contribution in [-0.4, -0.2) is 26.0 Å². The van der Waals surface area contributed by atoms with Crippen LogP contribution in [0.5, 0.6) is 0 Å². The third-order valence-electron chi connectivity index (χ3n) is 4.39. The molecule has 0 unspecified atom stereocenters. The summed E-state index contributed by atoms with van der Waals surface area (Å²) >= 11 is 5.23. The fourth-order valence-corrected chi connectivity index (χ4v) is 3.25. The normalized spacial score (nSPS) is 15.8. The summed E-state index contributed by atoms with van der Waals surface area (Å²) in [5.41, 5.74) is 0.108. The van der Waals surface area contributed by atoms with Gasteiger partial charge in [-0.25, -0.2) is 13.8 Å². The number of aromatic amines is 1. The van der Waals surface area contributed by atoms with Crippen molar-refractivity contribution in [3.63, 3.8) is 0 Å². The quantitative estimate of drug-likeness (QED) is 0.741. The van der Waals surface area contributed by atoms with Crippen molar-refractivity contribution in [2.75, 3.05) is 0 Å². The van der Waals surface area contributed by atoms with Crippen molar-refractivity contribution in [3.05, 3.63) is 46.5 Å². The van der Waals surface area contributed by atoms with Crippen molar-refractivity contribution in [1.82, 2.24) is 14.8 Å². The van der Waals surface area contributed by atoms with Crippen LogP contribution in [0.2, 0.25) is 0 Å². The molecule has 0 aliphatic rings. The standard InChI is InChI=1S/C18H25F2N3OS/c1-11(7-12-5-6-13(19)9-14(12)20)8-15(16(24)18(2,3)4)23-17(25)21-10-22-23/h5-6,9-11,15-16,24H,7-8H2,1-4H3,(H,21,22,25)/t11-,15-,16-/m0/s1. The molecule has 1 aromatic heterocycles. The number of aliphatic hydroxyl groups excluding tert-OH is 1. The lowest BCUT2D eigenvalue weighted by molar-refractivity contribution is 0.00386. The summed E-state index contributed by atoms with van der Waals surface area (Å²) in [6.45, 7) is 7.84. The van der Waals surface area contributed by atoms with E-state index in [2.05, 4.69) is 10.1 Å². The minimum atomic E-state index is -0.667. The van der Waals surface area contributed by atoms with E-state index < -0.39 is 17.7 Å². The SMILES string of the molecule is C[C@@H](Cc1ccc(F)cc1F)C[C@@H]([C@H](O)C(C)(C)C)n1[nH]cnc1=S. The van der Waals surface area contributed by atoms with E-state index in [1.807, 2.05) is 27.7 Å². The van der Waals surface area contributed by atoms with E-state index in [4.69, 9.17) is 12.2 Å².